The van der Waals surface area contributed by atoms with Crippen LogP contribution in [0.5, 0.6) is 5.75 Å². The van der Waals surface area contributed by atoms with E-state index in [-0.39, 0.29) is 5.91 Å². The van der Waals surface area contributed by atoms with Crippen molar-refractivity contribution in [3.05, 3.63) is 99.6 Å². The molecule has 1 amide bonds. The second-order valence-electron chi connectivity index (χ2n) is 7.77. The van der Waals surface area contributed by atoms with Crippen LogP contribution < -0.4 is 15.4 Å². The molecule has 0 saturated carbocycles. The van der Waals surface area contributed by atoms with E-state index in [1.807, 2.05) is 36.4 Å². The third kappa shape index (κ3) is 6.33. The van der Waals surface area contributed by atoms with E-state index >= 15 is 0 Å². The minimum atomic E-state index is -0.122. The molecule has 5 nitrogen and oxygen atoms in total. The van der Waals surface area contributed by atoms with Crippen LogP contribution >= 0.6 is 11.6 Å². The molecule has 2 N–H and O–H groups in total. The molecule has 2 bridgehead atoms. The summed E-state index contributed by atoms with van der Waals surface area (Å²) in [7, 11) is 0. The van der Waals surface area contributed by atoms with Crippen molar-refractivity contribution in [2.45, 2.75) is 19.5 Å². The monoisotopic (exact) mass is 450 g/mol. The normalized spacial score (nSPS) is 14.5. The fourth-order valence-corrected chi connectivity index (χ4v) is 3.77. The second-order valence-corrected chi connectivity index (χ2v) is 8.20. The molecule has 0 radical (unpaired) electrons. The van der Waals surface area contributed by atoms with Crippen molar-refractivity contribution in [1.82, 2.24) is 10.6 Å². The van der Waals surface area contributed by atoms with Gasteiger partial charge in [-0.2, -0.15) is 0 Å². The van der Waals surface area contributed by atoms with Crippen LogP contribution in [0.4, 0.5) is 0 Å². The molecule has 1 aliphatic rings. The molecule has 0 saturated heterocycles. The van der Waals surface area contributed by atoms with Crippen molar-refractivity contribution in [1.29, 1.82) is 0 Å². The maximum atomic E-state index is 12.8. The number of rotatable bonds is 3. The minimum absolute atomic E-state index is 0.122. The summed E-state index contributed by atoms with van der Waals surface area (Å²) in [6, 6.07) is 21.5. The minimum Gasteiger partial charge on any atom is -0.491 e. The average molecular weight is 451 g/mol. The summed E-state index contributed by atoms with van der Waals surface area (Å²) >= 11 is 5.93. The van der Waals surface area contributed by atoms with Gasteiger partial charge in [0.2, 0.25) is 0 Å². The molecule has 0 unspecified atom stereocenters. The highest BCUT2D eigenvalue weighted by atomic mass is 35.5. The number of halogens is 1. The third-order valence-electron chi connectivity index (χ3n) is 5.31. The Morgan fingerprint density at radius 3 is 2.69 bits per heavy atom. The van der Waals surface area contributed by atoms with Gasteiger partial charge >= 0.3 is 0 Å². The van der Waals surface area contributed by atoms with Crippen LogP contribution in [0.25, 0.3) is 0 Å². The van der Waals surface area contributed by atoms with Crippen LogP contribution in [-0.2, 0) is 24.2 Å². The first kappa shape index (κ1) is 22.3. The fraction of sp³-hybridized carbons (Fsp3) is 0.269. The van der Waals surface area contributed by atoms with Gasteiger partial charge in [0.25, 0.3) is 5.91 Å². The highest BCUT2D eigenvalue weighted by Crippen LogP contribution is 2.24. The average Bonchev–Trinajstić information content (AvgIpc) is 2.81. The second kappa shape index (κ2) is 11.1. The lowest BCUT2D eigenvalue weighted by Crippen LogP contribution is -2.23. The molecule has 3 aromatic rings. The first-order valence-electron chi connectivity index (χ1n) is 10.8. The lowest BCUT2D eigenvalue weighted by molar-refractivity contribution is 0.0949. The van der Waals surface area contributed by atoms with Gasteiger partial charge in [0.15, 0.2) is 0 Å². The van der Waals surface area contributed by atoms with Gasteiger partial charge in [-0.15, -0.1) is 0 Å². The van der Waals surface area contributed by atoms with E-state index in [0.29, 0.717) is 43.4 Å². The zero-order valence-electron chi connectivity index (χ0n) is 17.9. The lowest BCUT2D eigenvalue weighted by Gasteiger charge is -2.15. The van der Waals surface area contributed by atoms with Crippen LogP contribution in [0.1, 0.15) is 32.6 Å². The smallest absolute Gasteiger partial charge is 0.251 e. The molecule has 0 fully saturated rings. The quantitative estimate of drug-likeness (QED) is 0.622. The van der Waals surface area contributed by atoms with Gasteiger partial charge in [0, 0.05) is 36.6 Å². The Labute approximate surface area is 193 Å². The van der Waals surface area contributed by atoms with Gasteiger partial charge in [-0.05, 0) is 52.6 Å². The molecule has 0 spiro atoms. The van der Waals surface area contributed by atoms with E-state index in [1.165, 1.54) is 11.1 Å². The number of carbonyl (C=O) groups is 1. The zero-order chi connectivity index (χ0) is 22.2. The van der Waals surface area contributed by atoms with Crippen LogP contribution in [0.3, 0.4) is 0 Å². The van der Waals surface area contributed by atoms with E-state index in [2.05, 4.69) is 34.9 Å². The summed E-state index contributed by atoms with van der Waals surface area (Å²) in [6.45, 7) is 3.67. The molecule has 32 heavy (non-hydrogen) atoms. The highest BCUT2D eigenvalue weighted by Gasteiger charge is 2.12. The van der Waals surface area contributed by atoms with Crippen molar-refractivity contribution in [2.75, 3.05) is 26.4 Å². The summed E-state index contributed by atoms with van der Waals surface area (Å²) in [4.78, 5) is 12.8. The molecule has 3 aromatic carbocycles. The fourth-order valence-electron chi connectivity index (χ4n) is 3.65. The number of nitrogens with one attached hydrogen (secondary N) is 2. The number of hydrogen-bond acceptors (Lipinski definition) is 4. The first-order valence-corrected chi connectivity index (χ1v) is 11.2. The van der Waals surface area contributed by atoms with Crippen LogP contribution in [0.15, 0.2) is 66.7 Å². The predicted molar refractivity (Wildman–Crippen MR) is 126 cm³/mol. The molecule has 6 heteroatoms. The number of benzene rings is 3. The zero-order valence-corrected chi connectivity index (χ0v) is 18.7. The Morgan fingerprint density at radius 1 is 0.969 bits per heavy atom. The summed E-state index contributed by atoms with van der Waals surface area (Å²) in [5.74, 6) is 0.659. The molecule has 0 atom stereocenters. The maximum Gasteiger partial charge on any atom is 0.251 e. The largest absolute Gasteiger partial charge is 0.491 e. The third-order valence-corrected chi connectivity index (χ3v) is 5.56. The van der Waals surface area contributed by atoms with Gasteiger partial charge in [-0.1, -0.05) is 48.0 Å². The van der Waals surface area contributed by atoms with Gasteiger partial charge in [-0.3, -0.25) is 4.79 Å². The SMILES string of the molecule is O=C(NCc1ccc(Cl)cc1)c1ccc2c(c1)Cc1cccc(c1)CNCCOCCO2. The molecule has 0 aromatic heterocycles. The van der Waals surface area contributed by atoms with E-state index in [0.717, 1.165) is 30.0 Å². The molecular formula is C26H27ClN2O3. The highest BCUT2D eigenvalue weighted by molar-refractivity contribution is 6.30. The number of ether oxygens (including phenoxy) is 2. The van der Waals surface area contributed by atoms with Crippen LogP contribution in [0.2, 0.25) is 5.02 Å². The Balaban J connectivity index is 1.53. The van der Waals surface area contributed by atoms with Crippen molar-refractivity contribution in [2.24, 2.45) is 0 Å². The Bertz CT molecular complexity index is 1050. The molecule has 1 aliphatic heterocycles. The Morgan fingerprint density at radius 2 is 1.81 bits per heavy atom. The lowest BCUT2D eigenvalue weighted by atomic mass is 9.99. The molecule has 1 heterocycles. The maximum absolute atomic E-state index is 12.8. The summed E-state index contributed by atoms with van der Waals surface area (Å²) < 4.78 is 11.6. The van der Waals surface area contributed by atoms with Gasteiger partial charge in [-0.25, -0.2) is 0 Å². The Kier molecular flexibility index (Phi) is 7.77. The predicted octanol–water partition coefficient (Wildman–Crippen LogP) is 4.36. The number of hydrogen-bond donors (Lipinski definition) is 2. The van der Waals surface area contributed by atoms with Crippen molar-refractivity contribution >= 4 is 17.5 Å². The standard InChI is InChI=1S/C26H27ClN2O3/c27-24-7-4-19(5-8-24)18-29-26(30)22-6-9-25-23(16-22)15-20-2-1-3-21(14-20)17-28-10-11-31-12-13-32-25/h1-9,14,16,28H,10-13,15,17-18H2,(H,29,30). The first-order chi connectivity index (χ1) is 15.7. The van der Waals surface area contributed by atoms with E-state index in [9.17, 15) is 4.79 Å². The van der Waals surface area contributed by atoms with Crippen LogP contribution in [-0.4, -0.2) is 32.3 Å². The van der Waals surface area contributed by atoms with E-state index in [1.54, 1.807) is 6.07 Å². The van der Waals surface area contributed by atoms with Crippen LogP contribution in [0, 0.1) is 0 Å². The van der Waals surface area contributed by atoms with Crippen molar-refractivity contribution in [3.8, 4) is 5.75 Å². The van der Waals surface area contributed by atoms with Crippen molar-refractivity contribution in [3.63, 3.8) is 0 Å². The summed E-state index contributed by atoms with van der Waals surface area (Å²) in [5.41, 5.74) is 4.98. The summed E-state index contributed by atoms with van der Waals surface area (Å²) in [6.07, 6.45) is 0.683. The van der Waals surface area contributed by atoms with Gasteiger partial charge in [0.05, 0.1) is 13.2 Å². The van der Waals surface area contributed by atoms with Crippen molar-refractivity contribution < 1.29 is 14.3 Å². The van der Waals surface area contributed by atoms with Gasteiger partial charge < -0.3 is 20.1 Å². The topological polar surface area (TPSA) is 59.6 Å². The van der Waals surface area contributed by atoms with E-state index < -0.39 is 0 Å². The molecule has 166 valence electrons. The van der Waals surface area contributed by atoms with Gasteiger partial charge in [0.1, 0.15) is 12.4 Å². The van der Waals surface area contributed by atoms with E-state index in [4.69, 9.17) is 21.1 Å². The number of fused-ring (bicyclic) bond motifs is 3. The Hall–Kier alpha value is -2.86. The number of amides is 1. The molecule has 0 aliphatic carbocycles. The summed E-state index contributed by atoms with van der Waals surface area (Å²) in [5, 5.41) is 7.05. The molecule has 4 rings (SSSR count). The molecular weight excluding hydrogens is 424 g/mol. The number of carbonyl (C=O) groups excluding carboxylic acids is 1.